The Bertz CT molecular complexity index is 1170. The van der Waals surface area contributed by atoms with Crippen molar-refractivity contribution in [3.05, 3.63) is 82.2 Å². The fraction of sp³-hybridized carbons (Fsp3) is 0.167. The average molecular weight is 467 g/mol. The molecule has 1 heterocycles. The molecule has 9 heteroatoms. The molecular weight excluding hydrogens is 444 g/mol. The Morgan fingerprint density at radius 1 is 0.879 bits per heavy atom. The highest BCUT2D eigenvalue weighted by atomic mass is 32.1. The van der Waals surface area contributed by atoms with Crippen LogP contribution in [0.3, 0.4) is 0 Å². The van der Waals surface area contributed by atoms with E-state index < -0.39 is 24.5 Å². The fourth-order valence-corrected chi connectivity index (χ4v) is 3.86. The van der Waals surface area contributed by atoms with E-state index in [2.05, 4.69) is 10.6 Å². The molecule has 3 rings (SSSR count). The molecule has 0 spiro atoms. The van der Waals surface area contributed by atoms with Gasteiger partial charge in [0, 0.05) is 5.56 Å². The normalized spacial score (nSPS) is 10.2. The van der Waals surface area contributed by atoms with Crippen molar-refractivity contribution in [2.45, 2.75) is 13.8 Å². The number of carbonyl (C=O) groups excluding carboxylic acids is 4. The summed E-state index contributed by atoms with van der Waals surface area (Å²) in [5, 5.41) is 5.72. The van der Waals surface area contributed by atoms with Crippen LogP contribution in [0, 0.1) is 6.92 Å². The van der Waals surface area contributed by atoms with Gasteiger partial charge in [-0.05, 0) is 49.7 Å². The van der Waals surface area contributed by atoms with Gasteiger partial charge in [-0.2, -0.15) is 0 Å². The molecule has 0 atom stereocenters. The van der Waals surface area contributed by atoms with Crippen LogP contribution in [0.4, 0.5) is 10.7 Å². The number of anilines is 2. The van der Waals surface area contributed by atoms with Crippen molar-refractivity contribution < 1.29 is 28.7 Å². The maximum absolute atomic E-state index is 12.5. The largest absolute Gasteiger partial charge is 0.462 e. The Morgan fingerprint density at radius 2 is 1.58 bits per heavy atom. The minimum absolute atomic E-state index is 0.117. The van der Waals surface area contributed by atoms with Gasteiger partial charge in [-0.3, -0.25) is 9.59 Å². The van der Waals surface area contributed by atoms with Crippen molar-refractivity contribution in [3.63, 3.8) is 0 Å². The van der Waals surface area contributed by atoms with Crippen LogP contribution in [0.5, 0.6) is 0 Å². The summed E-state index contributed by atoms with van der Waals surface area (Å²) in [5.74, 6) is -2.16. The zero-order valence-electron chi connectivity index (χ0n) is 18.0. The number of nitrogens with one attached hydrogen (secondary N) is 2. The summed E-state index contributed by atoms with van der Waals surface area (Å²) in [6, 6.07) is 16.6. The average Bonchev–Trinajstić information content (AvgIpc) is 3.18. The highest BCUT2D eigenvalue weighted by molar-refractivity contribution is 7.18. The molecule has 0 aliphatic rings. The van der Waals surface area contributed by atoms with Crippen molar-refractivity contribution in [2.75, 3.05) is 23.8 Å². The smallest absolute Gasteiger partial charge is 0.348 e. The Balaban J connectivity index is 1.60. The number of carbonyl (C=O) groups is 4. The van der Waals surface area contributed by atoms with Gasteiger partial charge in [0.2, 0.25) is 0 Å². The van der Waals surface area contributed by atoms with Gasteiger partial charge in [-0.25, -0.2) is 9.59 Å². The first-order chi connectivity index (χ1) is 15.9. The second kappa shape index (κ2) is 11.1. The summed E-state index contributed by atoms with van der Waals surface area (Å²) < 4.78 is 10.1. The zero-order valence-corrected chi connectivity index (χ0v) is 18.9. The van der Waals surface area contributed by atoms with Gasteiger partial charge >= 0.3 is 11.9 Å². The predicted molar refractivity (Wildman–Crippen MR) is 125 cm³/mol. The number of aryl methyl sites for hydroxylation is 1. The summed E-state index contributed by atoms with van der Waals surface area (Å²) in [7, 11) is 0. The second-order valence-electron chi connectivity index (χ2n) is 6.83. The minimum Gasteiger partial charge on any atom is -0.462 e. The van der Waals surface area contributed by atoms with Crippen molar-refractivity contribution >= 4 is 45.8 Å². The van der Waals surface area contributed by atoms with Gasteiger partial charge in [-0.15, -0.1) is 11.3 Å². The molecule has 0 bridgehead atoms. The molecule has 0 radical (unpaired) electrons. The van der Waals surface area contributed by atoms with E-state index in [0.717, 1.165) is 11.3 Å². The Hall–Kier alpha value is -3.98. The molecule has 0 unspecified atom stereocenters. The molecule has 8 nitrogen and oxygen atoms in total. The second-order valence-corrected chi connectivity index (χ2v) is 7.89. The first-order valence-corrected chi connectivity index (χ1v) is 10.9. The highest BCUT2D eigenvalue weighted by Gasteiger charge is 2.18. The Morgan fingerprint density at radius 3 is 2.30 bits per heavy atom. The summed E-state index contributed by atoms with van der Waals surface area (Å²) in [6.07, 6.45) is 0. The SMILES string of the molecule is CCOC(=O)c1sc(NC(=O)COC(=O)c2ccccc2NC(=O)c2ccccc2)cc1C. The van der Waals surface area contributed by atoms with Crippen LogP contribution in [-0.4, -0.2) is 37.0 Å². The third-order valence-electron chi connectivity index (χ3n) is 4.41. The summed E-state index contributed by atoms with van der Waals surface area (Å²) in [5.41, 5.74) is 1.50. The van der Waals surface area contributed by atoms with Crippen LogP contribution in [0.2, 0.25) is 0 Å². The lowest BCUT2D eigenvalue weighted by atomic mass is 10.1. The topological polar surface area (TPSA) is 111 Å². The summed E-state index contributed by atoms with van der Waals surface area (Å²) in [6.45, 7) is 3.16. The van der Waals surface area contributed by atoms with Gasteiger partial charge in [-0.1, -0.05) is 30.3 Å². The van der Waals surface area contributed by atoms with E-state index in [-0.39, 0.29) is 23.8 Å². The maximum Gasteiger partial charge on any atom is 0.348 e. The van der Waals surface area contributed by atoms with Crippen LogP contribution in [0.15, 0.2) is 60.7 Å². The van der Waals surface area contributed by atoms with E-state index in [1.165, 1.54) is 6.07 Å². The van der Waals surface area contributed by atoms with Crippen molar-refractivity contribution in [1.29, 1.82) is 0 Å². The molecule has 0 saturated carbocycles. The van der Waals surface area contributed by atoms with Gasteiger partial charge in [0.05, 0.1) is 22.9 Å². The molecule has 2 aromatic carbocycles. The lowest BCUT2D eigenvalue weighted by molar-refractivity contribution is -0.119. The molecule has 1 aromatic heterocycles. The van der Waals surface area contributed by atoms with E-state index in [4.69, 9.17) is 9.47 Å². The van der Waals surface area contributed by atoms with Crippen LogP contribution < -0.4 is 10.6 Å². The highest BCUT2D eigenvalue weighted by Crippen LogP contribution is 2.27. The first kappa shape index (κ1) is 23.7. The van der Waals surface area contributed by atoms with E-state index in [9.17, 15) is 19.2 Å². The van der Waals surface area contributed by atoms with Crippen LogP contribution in [0.25, 0.3) is 0 Å². The number of ether oxygens (including phenoxy) is 2. The molecule has 2 amide bonds. The maximum atomic E-state index is 12.5. The lowest BCUT2D eigenvalue weighted by Gasteiger charge is -2.11. The van der Waals surface area contributed by atoms with Crippen LogP contribution >= 0.6 is 11.3 Å². The quantitative estimate of drug-likeness (QED) is 0.480. The number of thiophene rings is 1. The molecule has 0 aliphatic carbocycles. The van der Waals surface area contributed by atoms with E-state index in [1.54, 1.807) is 68.4 Å². The first-order valence-electron chi connectivity index (χ1n) is 10.1. The molecule has 0 fully saturated rings. The van der Waals surface area contributed by atoms with Gasteiger partial charge in [0.1, 0.15) is 4.88 Å². The van der Waals surface area contributed by atoms with Crippen LogP contribution in [-0.2, 0) is 14.3 Å². The minimum atomic E-state index is -0.760. The van der Waals surface area contributed by atoms with Crippen LogP contribution in [0.1, 0.15) is 42.9 Å². The zero-order chi connectivity index (χ0) is 23.8. The molecule has 33 heavy (non-hydrogen) atoms. The van der Waals surface area contributed by atoms with E-state index in [1.807, 2.05) is 0 Å². The standard InChI is InChI=1S/C24H22N2O6S/c1-3-31-24(30)21-15(2)13-20(33-21)26-19(27)14-32-23(29)17-11-7-8-12-18(17)25-22(28)16-9-5-4-6-10-16/h4-13H,3,14H2,1-2H3,(H,25,28)(H,26,27). The van der Waals surface area contributed by atoms with Crippen molar-refractivity contribution in [1.82, 2.24) is 0 Å². The Labute approximate surface area is 194 Å². The van der Waals surface area contributed by atoms with Gasteiger partial charge in [0.15, 0.2) is 6.61 Å². The molecule has 3 aromatic rings. The number of hydrogen-bond donors (Lipinski definition) is 2. The van der Waals surface area contributed by atoms with Gasteiger partial charge < -0.3 is 20.1 Å². The van der Waals surface area contributed by atoms with Gasteiger partial charge in [0.25, 0.3) is 11.8 Å². The third-order valence-corrected chi connectivity index (χ3v) is 5.54. The summed E-state index contributed by atoms with van der Waals surface area (Å²) in [4.78, 5) is 49.5. The molecule has 0 aliphatic heterocycles. The lowest BCUT2D eigenvalue weighted by Crippen LogP contribution is -2.21. The predicted octanol–water partition coefficient (Wildman–Crippen LogP) is 4.28. The number of amides is 2. The summed E-state index contributed by atoms with van der Waals surface area (Å²) >= 11 is 1.08. The monoisotopic (exact) mass is 466 g/mol. The molecular formula is C24H22N2O6S. The number of hydrogen-bond acceptors (Lipinski definition) is 7. The number of esters is 2. The fourth-order valence-electron chi connectivity index (χ4n) is 2.88. The molecule has 0 saturated heterocycles. The molecule has 2 N–H and O–H groups in total. The van der Waals surface area contributed by atoms with E-state index >= 15 is 0 Å². The number of para-hydroxylation sites is 1. The van der Waals surface area contributed by atoms with E-state index in [0.29, 0.717) is 21.0 Å². The Kier molecular flexibility index (Phi) is 7.93. The van der Waals surface area contributed by atoms with Crippen molar-refractivity contribution in [2.24, 2.45) is 0 Å². The third kappa shape index (κ3) is 6.27. The molecule has 170 valence electrons. The number of benzene rings is 2. The number of rotatable bonds is 8. The van der Waals surface area contributed by atoms with Crippen molar-refractivity contribution in [3.8, 4) is 0 Å².